The molecule has 1 unspecified atom stereocenters. The summed E-state index contributed by atoms with van der Waals surface area (Å²) in [5, 5.41) is 3.30. The van der Waals surface area contributed by atoms with Crippen molar-refractivity contribution < 1.29 is 14.3 Å². The number of nitrogens with two attached hydrogens (primary N) is 1. The SMILES string of the molecule is COc1ncc(C(CN)CNC(=O)OC(C)(C)C)s1. The zero-order chi connectivity index (χ0) is 14.5. The third-order valence-corrected chi connectivity index (χ3v) is 3.38. The molecule has 1 atom stereocenters. The van der Waals surface area contributed by atoms with Crippen LogP contribution in [0.3, 0.4) is 0 Å². The summed E-state index contributed by atoms with van der Waals surface area (Å²) in [6.45, 7) is 6.29. The number of amides is 1. The van der Waals surface area contributed by atoms with Crippen molar-refractivity contribution in [2.75, 3.05) is 20.2 Å². The molecule has 0 aromatic carbocycles. The van der Waals surface area contributed by atoms with Crippen molar-refractivity contribution in [2.24, 2.45) is 5.73 Å². The van der Waals surface area contributed by atoms with E-state index in [1.807, 2.05) is 20.8 Å². The van der Waals surface area contributed by atoms with Gasteiger partial charge in [0.15, 0.2) is 0 Å². The number of hydrogen-bond acceptors (Lipinski definition) is 6. The van der Waals surface area contributed by atoms with Crippen LogP contribution in [0.2, 0.25) is 0 Å². The maximum Gasteiger partial charge on any atom is 0.407 e. The number of carbonyl (C=O) groups excluding carboxylic acids is 1. The van der Waals surface area contributed by atoms with Crippen molar-refractivity contribution >= 4 is 17.4 Å². The summed E-state index contributed by atoms with van der Waals surface area (Å²) in [5.74, 6) is 0.00826. The van der Waals surface area contributed by atoms with Gasteiger partial charge in [0.05, 0.1) is 7.11 Å². The van der Waals surface area contributed by atoms with E-state index in [9.17, 15) is 4.79 Å². The Balaban J connectivity index is 2.51. The second kappa shape index (κ2) is 6.72. The molecule has 0 aliphatic rings. The molecule has 0 aliphatic heterocycles. The first kappa shape index (κ1) is 15.7. The summed E-state index contributed by atoms with van der Waals surface area (Å²) in [4.78, 5) is 16.6. The van der Waals surface area contributed by atoms with E-state index in [-0.39, 0.29) is 5.92 Å². The van der Waals surface area contributed by atoms with Crippen molar-refractivity contribution in [3.05, 3.63) is 11.1 Å². The van der Waals surface area contributed by atoms with Crippen LogP contribution in [0.1, 0.15) is 31.6 Å². The van der Waals surface area contributed by atoms with Crippen LogP contribution in [-0.2, 0) is 4.74 Å². The number of thiazole rings is 1. The van der Waals surface area contributed by atoms with Gasteiger partial charge in [-0.15, -0.1) is 0 Å². The number of hydrogen-bond donors (Lipinski definition) is 2. The van der Waals surface area contributed by atoms with Crippen LogP contribution >= 0.6 is 11.3 Å². The molecule has 0 saturated heterocycles. The van der Waals surface area contributed by atoms with Gasteiger partial charge in [0.25, 0.3) is 5.19 Å². The summed E-state index contributed by atoms with van der Waals surface area (Å²) in [7, 11) is 1.57. The fraction of sp³-hybridized carbons (Fsp3) is 0.667. The first-order valence-corrected chi connectivity index (χ1v) is 6.84. The fourth-order valence-electron chi connectivity index (χ4n) is 1.37. The molecule has 0 aliphatic carbocycles. The van der Waals surface area contributed by atoms with E-state index in [0.29, 0.717) is 18.3 Å². The summed E-state index contributed by atoms with van der Waals surface area (Å²) in [6, 6.07) is 0. The number of rotatable bonds is 5. The van der Waals surface area contributed by atoms with Crippen molar-refractivity contribution in [3.8, 4) is 5.19 Å². The number of nitrogens with zero attached hydrogens (tertiary/aromatic N) is 1. The van der Waals surface area contributed by atoms with Gasteiger partial charge < -0.3 is 20.5 Å². The van der Waals surface area contributed by atoms with Crippen molar-refractivity contribution in [1.29, 1.82) is 0 Å². The van der Waals surface area contributed by atoms with Crippen LogP contribution in [-0.4, -0.2) is 36.9 Å². The van der Waals surface area contributed by atoms with Crippen molar-refractivity contribution in [1.82, 2.24) is 10.3 Å². The lowest BCUT2D eigenvalue weighted by atomic mass is 10.1. The topological polar surface area (TPSA) is 86.5 Å². The Labute approximate surface area is 117 Å². The Hall–Kier alpha value is -1.34. The number of aromatic nitrogens is 1. The summed E-state index contributed by atoms with van der Waals surface area (Å²) in [6.07, 6.45) is 1.28. The average Bonchev–Trinajstić information content (AvgIpc) is 2.76. The summed E-state index contributed by atoms with van der Waals surface area (Å²) < 4.78 is 10.2. The Morgan fingerprint density at radius 3 is 2.74 bits per heavy atom. The molecule has 6 nitrogen and oxygen atoms in total. The lowest BCUT2D eigenvalue weighted by Crippen LogP contribution is -2.36. The highest BCUT2D eigenvalue weighted by Crippen LogP contribution is 2.26. The summed E-state index contributed by atoms with van der Waals surface area (Å²) >= 11 is 1.42. The largest absolute Gasteiger partial charge is 0.473 e. The number of nitrogens with one attached hydrogen (secondary N) is 1. The van der Waals surface area contributed by atoms with Gasteiger partial charge in [0.1, 0.15) is 5.60 Å². The molecule has 0 radical (unpaired) electrons. The molecule has 0 spiro atoms. The molecule has 1 amide bonds. The first-order chi connectivity index (χ1) is 8.85. The monoisotopic (exact) mass is 287 g/mol. The van der Waals surface area contributed by atoms with E-state index in [4.69, 9.17) is 15.2 Å². The minimum atomic E-state index is -0.504. The third-order valence-electron chi connectivity index (χ3n) is 2.26. The minimum absolute atomic E-state index is 0.00826. The normalized spacial score (nSPS) is 12.9. The number of ether oxygens (including phenoxy) is 2. The predicted octanol–water partition coefficient (Wildman–Crippen LogP) is 1.72. The van der Waals surface area contributed by atoms with Gasteiger partial charge in [-0.05, 0) is 20.8 Å². The summed E-state index contributed by atoms with van der Waals surface area (Å²) in [5.41, 5.74) is 5.21. The van der Waals surface area contributed by atoms with Crippen molar-refractivity contribution in [2.45, 2.75) is 32.3 Å². The Kier molecular flexibility index (Phi) is 5.56. The second-order valence-corrected chi connectivity index (χ2v) is 6.07. The van der Waals surface area contributed by atoms with Crippen LogP contribution in [0.25, 0.3) is 0 Å². The standard InChI is InChI=1S/C12H21N3O3S/c1-12(2,3)18-10(16)14-6-8(5-13)9-7-15-11(17-4)19-9/h7-8H,5-6,13H2,1-4H3,(H,14,16). The van der Waals surface area contributed by atoms with Gasteiger partial charge in [0, 0.05) is 30.1 Å². The highest BCUT2D eigenvalue weighted by atomic mass is 32.1. The zero-order valence-corrected chi connectivity index (χ0v) is 12.5. The van der Waals surface area contributed by atoms with E-state index < -0.39 is 11.7 Å². The molecule has 1 heterocycles. The molecule has 1 aromatic heterocycles. The average molecular weight is 287 g/mol. The fourth-order valence-corrected chi connectivity index (χ4v) is 2.22. The zero-order valence-electron chi connectivity index (χ0n) is 11.7. The first-order valence-electron chi connectivity index (χ1n) is 6.02. The van der Waals surface area contributed by atoms with E-state index >= 15 is 0 Å². The van der Waals surface area contributed by atoms with E-state index in [0.717, 1.165) is 4.88 Å². The molecule has 108 valence electrons. The quantitative estimate of drug-likeness (QED) is 0.861. The molecule has 0 bridgehead atoms. The maximum absolute atomic E-state index is 11.6. The van der Waals surface area contributed by atoms with E-state index in [1.54, 1.807) is 13.3 Å². The van der Waals surface area contributed by atoms with E-state index in [1.165, 1.54) is 11.3 Å². The van der Waals surface area contributed by atoms with Gasteiger partial charge in [0.2, 0.25) is 0 Å². The molecule has 0 saturated carbocycles. The second-order valence-electron chi connectivity index (χ2n) is 5.05. The number of methoxy groups -OCH3 is 1. The van der Waals surface area contributed by atoms with Crippen LogP contribution in [0.4, 0.5) is 4.79 Å². The molecular weight excluding hydrogens is 266 g/mol. The Bertz CT molecular complexity index is 415. The van der Waals surface area contributed by atoms with Crippen LogP contribution in [0.15, 0.2) is 6.20 Å². The van der Waals surface area contributed by atoms with Crippen molar-refractivity contribution in [3.63, 3.8) is 0 Å². The predicted molar refractivity (Wildman–Crippen MR) is 74.7 cm³/mol. The lowest BCUT2D eigenvalue weighted by Gasteiger charge is -2.21. The number of alkyl carbamates (subject to hydrolysis) is 1. The van der Waals surface area contributed by atoms with Gasteiger partial charge in [-0.25, -0.2) is 9.78 Å². The highest BCUT2D eigenvalue weighted by Gasteiger charge is 2.19. The highest BCUT2D eigenvalue weighted by molar-refractivity contribution is 7.13. The molecule has 0 fully saturated rings. The Morgan fingerprint density at radius 1 is 1.58 bits per heavy atom. The molecule has 1 rings (SSSR count). The smallest absolute Gasteiger partial charge is 0.407 e. The molecule has 3 N–H and O–H groups in total. The van der Waals surface area contributed by atoms with Gasteiger partial charge in [-0.3, -0.25) is 0 Å². The van der Waals surface area contributed by atoms with Gasteiger partial charge >= 0.3 is 6.09 Å². The molecule has 19 heavy (non-hydrogen) atoms. The Morgan fingerprint density at radius 2 is 2.26 bits per heavy atom. The van der Waals surface area contributed by atoms with Crippen LogP contribution in [0, 0.1) is 0 Å². The minimum Gasteiger partial charge on any atom is -0.473 e. The van der Waals surface area contributed by atoms with Crippen LogP contribution in [0.5, 0.6) is 5.19 Å². The number of carbonyl (C=O) groups is 1. The van der Waals surface area contributed by atoms with E-state index in [2.05, 4.69) is 10.3 Å². The molecule has 7 heteroatoms. The molecule has 1 aromatic rings. The van der Waals surface area contributed by atoms with Gasteiger partial charge in [-0.1, -0.05) is 11.3 Å². The third kappa shape index (κ3) is 5.44. The van der Waals surface area contributed by atoms with Crippen LogP contribution < -0.4 is 15.8 Å². The lowest BCUT2D eigenvalue weighted by molar-refractivity contribution is 0.0525. The van der Waals surface area contributed by atoms with Gasteiger partial charge in [-0.2, -0.15) is 0 Å². The maximum atomic E-state index is 11.6. The molecular formula is C12H21N3O3S.